The molecule has 6 nitrogen and oxygen atoms in total. The molecule has 0 radical (unpaired) electrons. The van der Waals surface area contributed by atoms with E-state index in [1.54, 1.807) is 17.9 Å². The second kappa shape index (κ2) is 4.53. The van der Waals surface area contributed by atoms with Gasteiger partial charge >= 0.3 is 0 Å². The summed E-state index contributed by atoms with van der Waals surface area (Å²) < 4.78 is 10.3. The molecule has 0 unspecified atom stereocenters. The molecule has 2 aromatic heterocycles. The summed E-state index contributed by atoms with van der Waals surface area (Å²) in [6.07, 6.45) is 1.83. The van der Waals surface area contributed by atoms with Crippen LogP contribution in [0.4, 0.5) is 0 Å². The molecule has 1 amide bonds. The fourth-order valence-corrected chi connectivity index (χ4v) is 2.45. The van der Waals surface area contributed by atoms with Crippen LogP contribution >= 0.6 is 0 Å². The number of rotatable bonds is 2. The van der Waals surface area contributed by atoms with E-state index in [1.807, 2.05) is 13.0 Å². The Morgan fingerprint density at radius 3 is 2.63 bits per heavy atom. The standard InChI is InChI=1S/C13H15N3O3/c1-8-6-11(18-14-8)10-4-3-5-16(10)13(17)12-7-9(2)15-19-12/h6-7,10H,3-5H2,1-2H3/t10-/m1/s1. The number of hydrogen-bond donors (Lipinski definition) is 0. The van der Waals surface area contributed by atoms with Crippen molar-refractivity contribution in [2.45, 2.75) is 32.7 Å². The van der Waals surface area contributed by atoms with E-state index in [0.717, 1.165) is 24.3 Å². The first-order chi connectivity index (χ1) is 9.15. The molecule has 0 spiro atoms. The van der Waals surface area contributed by atoms with E-state index in [4.69, 9.17) is 9.05 Å². The lowest BCUT2D eigenvalue weighted by Gasteiger charge is -2.20. The van der Waals surface area contributed by atoms with Crippen LogP contribution in [0, 0.1) is 13.8 Å². The highest BCUT2D eigenvalue weighted by Crippen LogP contribution is 2.33. The molecule has 0 N–H and O–H groups in total. The van der Waals surface area contributed by atoms with E-state index in [1.165, 1.54) is 0 Å². The quantitative estimate of drug-likeness (QED) is 0.829. The molecule has 0 aliphatic carbocycles. The lowest BCUT2D eigenvalue weighted by atomic mass is 10.1. The molecule has 1 saturated heterocycles. The summed E-state index contributed by atoms with van der Waals surface area (Å²) in [5, 5.41) is 7.64. The predicted octanol–water partition coefficient (Wildman–Crippen LogP) is 2.26. The topological polar surface area (TPSA) is 72.4 Å². The second-order valence-corrected chi connectivity index (χ2v) is 4.86. The van der Waals surface area contributed by atoms with Gasteiger partial charge in [0.15, 0.2) is 5.76 Å². The highest BCUT2D eigenvalue weighted by Gasteiger charge is 2.34. The van der Waals surface area contributed by atoms with Crippen LogP contribution < -0.4 is 0 Å². The Kier molecular flexibility index (Phi) is 2.85. The van der Waals surface area contributed by atoms with Crippen LogP contribution in [0.1, 0.15) is 46.6 Å². The average Bonchev–Trinajstić information content (AvgIpc) is 3.07. The number of aryl methyl sites for hydroxylation is 2. The van der Waals surface area contributed by atoms with Crippen molar-refractivity contribution in [2.75, 3.05) is 6.54 Å². The molecule has 100 valence electrons. The van der Waals surface area contributed by atoms with Crippen LogP contribution in [0.25, 0.3) is 0 Å². The first-order valence-electron chi connectivity index (χ1n) is 6.32. The number of amides is 1. The van der Waals surface area contributed by atoms with E-state index < -0.39 is 0 Å². The average molecular weight is 261 g/mol. The molecule has 1 aliphatic heterocycles. The first kappa shape index (κ1) is 12.0. The third kappa shape index (κ3) is 2.14. The summed E-state index contributed by atoms with van der Waals surface area (Å²) in [7, 11) is 0. The zero-order valence-electron chi connectivity index (χ0n) is 10.9. The molecule has 0 saturated carbocycles. The fraction of sp³-hybridized carbons (Fsp3) is 0.462. The van der Waals surface area contributed by atoms with Crippen molar-refractivity contribution in [1.82, 2.24) is 15.2 Å². The molecule has 1 fully saturated rings. The summed E-state index contributed by atoms with van der Waals surface area (Å²) in [5.74, 6) is 0.873. The van der Waals surface area contributed by atoms with Gasteiger partial charge in [0.1, 0.15) is 0 Å². The van der Waals surface area contributed by atoms with Gasteiger partial charge in [0.2, 0.25) is 5.76 Å². The molecule has 6 heteroatoms. The van der Waals surface area contributed by atoms with Gasteiger partial charge in [-0.05, 0) is 26.7 Å². The summed E-state index contributed by atoms with van der Waals surface area (Å²) in [6, 6.07) is 3.48. The largest absolute Gasteiger partial charge is 0.359 e. The molecular formula is C13H15N3O3. The van der Waals surface area contributed by atoms with Crippen molar-refractivity contribution in [3.05, 3.63) is 35.0 Å². The molecule has 3 rings (SSSR count). The fourth-order valence-electron chi connectivity index (χ4n) is 2.45. The number of likely N-dealkylation sites (tertiary alicyclic amines) is 1. The Morgan fingerprint density at radius 2 is 2.00 bits per heavy atom. The highest BCUT2D eigenvalue weighted by molar-refractivity contribution is 5.91. The van der Waals surface area contributed by atoms with Gasteiger partial charge in [0.05, 0.1) is 17.4 Å². The third-order valence-corrected chi connectivity index (χ3v) is 3.33. The van der Waals surface area contributed by atoms with Gasteiger partial charge in [0, 0.05) is 18.7 Å². The highest BCUT2D eigenvalue weighted by atomic mass is 16.5. The Morgan fingerprint density at radius 1 is 1.26 bits per heavy atom. The zero-order valence-corrected chi connectivity index (χ0v) is 10.9. The Hall–Kier alpha value is -2.11. The molecule has 1 atom stereocenters. The molecule has 2 aromatic rings. The number of nitrogens with zero attached hydrogens (tertiary/aromatic N) is 3. The maximum absolute atomic E-state index is 12.4. The monoisotopic (exact) mass is 261 g/mol. The van der Waals surface area contributed by atoms with Gasteiger partial charge in [-0.25, -0.2) is 0 Å². The number of carbonyl (C=O) groups excluding carboxylic acids is 1. The summed E-state index contributed by atoms with van der Waals surface area (Å²) >= 11 is 0. The molecule has 0 bridgehead atoms. The molecule has 1 aliphatic rings. The lowest BCUT2D eigenvalue weighted by molar-refractivity contribution is 0.0672. The van der Waals surface area contributed by atoms with Gasteiger partial charge in [-0.15, -0.1) is 0 Å². The Balaban J connectivity index is 1.85. The van der Waals surface area contributed by atoms with E-state index in [0.29, 0.717) is 12.2 Å². The van der Waals surface area contributed by atoms with Crippen LogP contribution in [0.3, 0.4) is 0 Å². The van der Waals surface area contributed by atoms with Gasteiger partial charge < -0.3 is 13.9 Å². The zero-order chi connectivity index (χ0) is 13.4. The summed E-state index contributed by atoms with van der Waals surface area (Å²) in [5.41, 5.74) is 1.53. The van der Waals surface area contributed by atoms with Crippen molar-refractivity contribution < 1.29 is 13.8 Å². The second-order valence-electron chi connectivity index (χ2n) is 4.86. The minimum Gasteiger partial charge on any atom is -0.359 e. The maximum atomic E-state index is 12.4. The van der Waals surface area contributed by atoms with Gasteiger partial charge in [-0.1, -0.05) is 10.3 Å². The van der Waals surface area contributed by atoms with Crippen molar-refractivity contribution in [3.8, 4) is 0 Å². The van der Waals surface area contributed by atoms with Crippen LogP contribution in [-0.4, -0.2) is 27.7 Å². The predicted molar refractivity (Wildman–Crippen MR) is 65.5 cm³/mol. The van der Waals surface area contributed by atoms with Crippen LogP contribution in [-0.2, 0) is 0 Å². The van der Waals surface area contributed by atoms with E-state index in [-0.39, 0.29) is 17.7 Å². The van der Waals surface area contributed by atoms with Crippen molar-refractivity contribution in [1.29, 1.82) is 0 Å². The van der Waals surface area contributed by atoms with Crippen LogP contribution in [0.2, 0.25) is 0 Å². The Bertz CT molecular complexity index is 602. The normalized spacial score (nSPS) is 19.1. The molecular weight excluding hydrogens is 246 g/mol. The Labute approximate surface area is 110 Å². The van der Waals surface area contributed by atoms with Crippen molar-refractivity contribution in [3.63, 3.8) is 0 Å². The number of aromatic nitrogens is 2. The van der Waals surface area contributed by atoms with Crippen LogP contribution in [0.5, 0.6) is 0 Å². The molecule has 3 heterocycles. The minimum absolute atomic E-state index is 0.0564. The third-order valence-electron chi connectivity index (χ3n) is 3.33. The minimum atomic E-state index is -0.142. The number of hydrogen-bond acceptors (Lipinski definition) is 5. The smallest absolute Gasteiger partial charge is 0.293 e. The van der Waals surface area contributed by atoms with E-state index in [2.05, 4.69) is 10.3 Å². The molecule has 0 aromatic carbocycles. The van der Waals surface area contributed by atoms with Gasteiger partial charge in [-0.3, -0.25) is 4.79 Å². The summed E-state index contributed by atoms with van der Waals surface area (Å²) in [6.45, 7) is 4.36. The number of carbonyl (C=O) groups is 1. The molecule has 19 heavy (non-hydrogen) atoms. The van der Waals surface area contributed by atoms with E-state index >= 15 is 0 Å². The van der Waals surface area contributed by atoms with Gasteiger partial charge in [0.25, 0.3) is 5.91 Å². The summed E-state index contributed by atoms with van der Waals surface area (Å²) in [4.78, 5) is 14.1. The lowest BCUT2D eigenvalue weighted by Crippen LogP contribution is -2.30. The van der Waals surface area contributed by atoms with Crippen molar-refractivity contribution in [2.24, 2.45) is 0 Å². The SMILES string of the molecule is Cc1cc(C(=O)N2CCC[C@@H]2c2cc(C)no2)on1. The van der Waals surface area contributed by atoms with E-state index in [9.17, 15) is 4.79 Å². The van der Waals surface area contributed by atoms with Crippen LogP contribution in [0.15, 0.2) is 21.2 Å². The van der Waals surface area contributed by atoms with Crippen molar-refractivity contribution >= 4 is 5.91 Å². The maximum Gasteiger partial charge on any atom is 0.293 e. The first-order valence-corrected chi connectivity index (χ1v) is 6.32. The van der Waals surface area contributed by atoms with Gasteiger partial charge in [-0.2, -0.15) is 0 Å².